The van der Waals surface area contributed by atoms with Crippen LogP contribution in [0.25, 0.3) is 0 Å². The number of halogens is 1. The Balaban J connectivity index is 1.94. The molecule has 1 aliphatic heterocycles. The predicted molar refractivity (Wildman–Crippen MR) is 81.9 cm³/mol. The van der Waals surface area contributed by atoms with Crippen LogP contribution >= 0.6 is 0 Å². The molecule has 0 N–H and O–H groups in total. The van der Waals surface area contributed by atoms with E-state index in [0.29, 0.717) is 6.54 Å². The van der Waals surface area contributed by atoms with E-state index in [1.165, 1.54) is 6.07 Å². The van der Waals surface area contributed by atoms with Gasteiger partial charge in [-0.3, -0.25) is 9.48 Å². The monoisotopic (exact) mass is 301 g/mol. The molecule has 2 heterocycles. The topological polar surface area (TPSA) is 38.1 Å². The summed E-state index contributed by atoms with van der Waals surface area (Å²) < 4.78 is 15.7. The van der Waals surface area contributed by atoms with Crippen molar-refractivity contribution in [3.8, 4) is 0 Å². The molecule has 1 fully saturated rings. The predicted octanol–water partition coefficient (Wildman–Crippen LogP) is 3.32. The van der Waals surface area contributed by atoms with Crippen molar-refractivity contribution in [1.82, 2.24) is 14.7 Å². The molecule has 1 amide bonds. The van der Waals surface area contributed by atoms with E-state index in [4.69, 9.17) is 0 Å². The molecule has 2 aromatic rings. The van der Waals surface area contributed by atoms with Crippen molar-refractivity contribution >= 4 is 5.91 Å². The minimum Gasteiger partial charge on any atom is -0.331 e. The van der Waals surface area contributed by atoms with E-state index < -0.39 is 5.82 Å². The van der Waals surface area contributed by atoms with E-state index in [1.54, 1.807) is 29.1 Å². The van der Waals surface area contributed by atoms with Crippen molar-refractivity contribution in [3.63, 3.8) is 0 Å². The zero-order chi connectivity index (χ0) is 15.5. The van der Waals surface area contributed by atoms with Gasteiger partial charge >= 0.3 is 0 Å². The normalized spacial score (nSPS) is 19.0. The molecule has 1 aromatic carbocycles. The molecule has 0 aliphatic carbocycles. The molecule has 0 bridgehead atoms. The maximum atomic E-state index is 14.0. The van der Waals surface area contributed by atoms with Gasteiger partial charge in [0.1, 0.15) is 5.82 Å². The third-order valence-electron chi connectivity index (χ3n) is 4.23. The number of carbonyl (C=O) groups is 1. The van der Waals surface area contributed by atoms with Crippen LogP contribution in [0, 0.1) is 5.82 Å². The van der Waals surface area contributed by atoms with Crippen LogP contribution < -0.4 is 0 Å². The van der Waals surface area contributed by atoms with Gasteiger partial charge in [0.2, 0.25) is 0 Å². The number of amides is 1. The Labute approximate surface area is 129 Å². The molecule has 1 aliphatic rings. The van der Waals surface area contributed by atoms with Crippen molar-refractivity contribution in [2.75, 3.05) is 6.54 Å². The van der Waals surface area contributed by atoms with Gasteiger partial charge in [-0.1, -0.05) is 25.0 Å². The molecule has 116 valence electrons. The summed E-state index contributed by atoms with van der Waals surface area (Å²) in [6.07, 6.45) is 7.76. The Morgan fingerprint density at radius 3 is 2.82 bits per heavy atom. The second-order valence-corrected chi connectivity index (χ2v) is 5.79. The Bertz CT molecular complexity index is 667. The maximum absolute atomic E-state index is 14.0. The van der Waals surface area contributed by atoms with Crippen LogP contribution in [0.5, 0.6) is 0 Å². The van der Waals surface area contributed by atoms with Gasteiger partial charge in [0.25, 0.3) is 5.91 Å². The number of benzene rings is 1. The van der Waals surface area contributed by atoms with E-state index in [1.807, 2.05) is 18.1 Å². The first-order valence-electron chi connectivity index (χ1n) is 7.71. The number of hydrogen-bond acceptors (Lipinski definition) is 2. The van der Waals surface area contributed by atoms with Crippen LogP contribution in [0.1, 0.15) is 47.6 Å². The van der Waals surface area contributed by atoms with Gasteiger partial charge < -0.3 is 4.90 Å². The third-order valence-corrected chi connectivity index (χ3v) is 4.23. The summed E-state index contributed by atoms with van der Waals surface area (Å²) >= 11 is 0. The lowest BCUT2D eigenvalue weighted by molar-refractivity contribution is 0.0676. The average molecular weight is 301 g/mol. The second-order valence-electron chi connectivity index (χ2n) is 5.79. The highest BCUT2D eigenvalue weighted by Crippen LogP contribution is 2.31. The molecule has 1 saturated heterocycles. The Hall–Kier alpha value is -2.17. The smallest absolute Gasteiger partial charge is 0.257 e. The highest BCUT2D eigenvalue weighted by molar-refractivity contribution is 5.94. The first kappa shape index (κ1) is 14.8. The van der Waals surface area contributed by atoms with E-state index in [2.05, 4.69) is 5.10 Å². The molecule has 0 spiro atoms. The average Bonchev–Trinajstić information content (AvgIpc) is 2.80. The molecule has 5 heteroatoms. The minimum atomic E-state index is -0.457. The minimum absolute atomic E-state index is 0.0247. The molecule has 1 atom stereocenters. The Morgan fingerprint density at radius 2 is 2.09 bits per heavy atom. The summed E-state index contributed by atoms with van der Waals surface area (Å²) in [6.45, 7) is 0.659. The quantitative estimate of drug-likeness (QED) is 0.853. The second kappa shape index (κ2) is 6.30. The summed E-state index contributed by atoms with van der Waals surface area (Å²) in [7, 11) is 1.86. The zero-order valence-corrected chi connectivity index (χ0v) is 12.7. The van der Waals surface area contributed by atoms with Crippen LogP contribution in [-0.4, -0.2) is 27.1 Å². The summed E-state index contributed by atoms with van der Waals surface area (Å²) in [5.41, 5.74) is 1.17. The fourth-order valence-electron chi connectivity index (χ4n) is 3.10. The van der Waals surface area contributed by atoms with E-state index in [-0.39, 0.29) is 17.5 Å². The number of aryl methyl sites for hydroxylation is 1. The van der Waals surface area contributed by atoms with E-state index >= 15 is 0 Å². The molecule has 22 heavy (non-hydrogen) atoms. The molecular weight excluding hydrogens is 281 g/mol. The number of carbonyl (C=O) groups excluding carboxylic acids is 1. The van der Waals surface area contributed by atoms with Crippen LogP contribution in [-0.2, 0) is 7.05 Å². The first-order valence-corrected chi connectivity index (χ1v) is 7.71. The number of hydrogen-bond donors (Lipinski definition) is 0. The molecule has 0 saturated carbocycles. The van der Waals surface area contributed by atoms with Crippen LogP contribution in [0.3, 0.4) is 0 Å². The van der Waals surface area contributed by atoms with Gasteiger partial charge in [-0.25, -0.2) is 4.39 Å². The largest absolute Gasteiger partial charge is 0.331 e. The molecule has 0 unspecified atom stereocenters. The molecule has 0 radical (unpaired) electrons. The van der Waals surface area contributed by atoms with Crippen LogP contribution in [0.4, 0.5) is 4.39 Å². The van der Waals surface area contributed by atoms with Gasteiger partial charge in [0.15, 0.2) is 0 Å². The fourth-order valence-corrected chi connectivity index (χ4v) is 3.10. The maximum Gasteiger partial charge on any atom is 0.257 e. The van der Waals surface area contributed by atoms with Gasteiger partial charge in [0.05, 0.1) is 17.8 Å². The summed E-state index contributed by atoms with van der Waals surface area (Å²) in [5, 5.41) is 4.21. The number of rotatable bonds is 2. The number of aromatic nitrogens is 2. The standard InChI is InChI=1S/C17H20FN3O/c1-20-12-13(11-19-20)16-9-3-2-6-10-21(16)17(22)14-7-4-5-8-15(14)18/h4-5,7-8,11-12,16H,2-3,6,9-10H2,1H3/t16-/m1/s1. The van der Waals surface area contributed by atoms with Gasteiger partial charge in [0, 0.05) is 25.4 Å². The number of nitrogens with zero attached hydrogens (tertiary/aromatic N) is 3. The fraction of sp³-hybridized carbons (Fsp3) is 0.412. The summed E-state index contributed by atoms with van der Waals surface area (Å²) in [4.78, 5) is 14.6. The summed E-state index contributed by atoms with van der Waals surface area (Å²) in [6, 6.07) is 6.18. The van der Waals surface area contributed by atoms with Crippen molar-refractivity contribution in [2.45, 2.75) is 31.7 Å². The highest BCUT2D eigenvalue weighted by Gasteiger charge is 2.29. The molecular formula is C17H20FN3O. The first-order chi connectivity index (χ1) is 10.7. The van der Waals surface area contributed by atoms with Crippen LogP contribution in [0.2, 0.25) is 0 Å². The Kier molecular flexibility index (Phi) is 4.22. The van der Waals surface area contributed by atoms with Gasteiger partial charge in [-0.15, -0.1) is 0 Å². The van der Waals surface area contributed by atoms with Crippen LogP contribution in [0.15, 0.2) is 36.7 Å². The van der Waals surface area contributed by atoms with Crippen molar-refractivity contribution < 1.29 is 9.18 Å². The van der Waals surface area contributed by atoms with E-state index in [9.17, 15) is 9.18 Å². The lowest BCUT2D eigenvalue weighted by Crippen LogP contribution is -2.35. The number of likely N-dealkylation sites (tertiary alicyclic amines) is 1. The lowest BCUT2D eigenvalue weighted by Gasteiger charge is -2.29. The van der Waals surface area contributed by atoms with E-state index in [0.717, 1.165) is 31.2 Å². The highest BCUT2D eigenvalue weighted by atomic mass is 19.1. The van der Waals surface area contributed by atoms with Crippen molar-refractivity contribution in [3.05, 3.63) is 53.6 Å². The summed E-state index contributed by atoms with van der Waals surface area (Å²) in [5.74, 6) is -0.685. The molecule has 4 nitrogen and oxygen atoms in total. The Morgan fingerprint density at radius 1 is 1.27 bits per heavy atom. The lowest BCUT2D eigenvalue weighted by atomic mass is 10.0. The zero-order valence-electron chi connectivity index (χ0n) is 12.7. The van der Waals surface area contributed by atoms with Gasteiger partial charge in [-0.2, -0.15) is 5.10 Å². The SMILES string of the molecule is Cn1cc([C@H]2CCCCCN2C(=O)c2ccccc2F)cn1. The molecule has 3 rings (SSSR count). The molecule has 1 aromatic heterocycles. The van der Waals surface area contributed by atoms with Crippen molar-refractivity contribution in [1.29, 1.82) is 0 Å². The van der Waals surface area contributed by atoms with Crippen molar-refractivity contribution in [2.24, 2.45) is 7.05 Å². The van der Waals surface area contributed by atoms with Gasteiger partial charge in [-0.05, 0) is 25.0 Å². The third kappa shape index (κ3) is 2.89.